The highest BCUT2D eigenvalue weighted by molar-refractivity contribution is 7.89. The number of hydrogen-bond acceptors (Lipinski definition) is 4. The summed E-state index contributed by atoms with van der Waals surface area (Å²) in [7, 11) is -3.67. The summed E-state index contributed by atoms with van der Waals surface area (Å²) in [5, 5.41) is 2.89. The molecule has 0 radical (unpaired) electrons. The van der Waals surface area contributed by atoms with Gasteiger partial charge in [-0.15, -0.1) is 6.58 Å². The highest BCUT2D eigenvalue weighted by atomic mass is 32.2. The highest BCUT2D eigenvalue weighted by Gasteiger charge is 2.29. The van der Waals surface area contributed by atoms with Crippen molar-refractivity contribution in [3.05, 3.63) is 42.5 Å². The fourth-order valence-corrected chi connectivity index (χ4v) is 2.86. The normalized spacial score (nSPS) is 14.3. The maximum Gasteiger partial charge on any atom is 0.251 e. The Morgan fingerprint density at radius 3 is 2.61 bits per heavy atom. The molecule has 128 valence electrons. The van der Waals surface area contributed by atoms with E-state index in [-0.39, 0.29) is 35.4 Å². The molecule has 1 aromatic carbocycles. The third-order valence-corrected chi connectivity index (χ3v) is 5.34. The molecular weight excluding hydrogens is 314 g/mol. The van der Waals surface area contributed by atoms with Crippen LogP contribution in [0.5, 0.6) is 0 Å². The van der Waals surface area contributed by atoms with Gasteiger partial charge in [0.25, 0.3) is 5.91 Å². The Bertz CT molecular complexity index is 671. The lowest BCUT2D eigenvalue weighted by Gasteiger charge is -2.33. The first-order chi connectivity index (χ1) is 10.7. The number of carbonyl (C=O) groups excluding carboxylic acids is 1. The smallest absolute Gasteiger partial charge is 0.251 e. The molecule has 23 heavy (non-hydrogen) atoms. The average Bonchev–Trinajstić information content (AvgIpc) is 2.52. The molecule has 1 unspecified atom stereocenters. The zero-order valence-electron chi connectivity index (χ0n) is 13.8. The van der Waals surface area contributed by atoms with Gasteiger partial charge in [0, 0.05) is 18.7 Å². The summed E-state index contributed by atoms with van der Waals surface area (Å²) < 4.78 is 26.6. The molecule has 1 aromatic rings. The van der Waals surface area contributed by atoms with E-state index in [1.807, 2.05) is 20.8 Å². The van der Waals surface area contributed by atoms with Crippen molar-refractivity contribution in [1.82, 2.24) is 10.0 Å². The first-order valence-corrected chi connectivity index (χ1v) is 8.88. The van der Waals surface area contributed by atoms with Gasteiger partial charge < -0.3 is 11.1 Å². The van der Waals surface area contributed by atoms with Crippen LogP contribution in [-0.4, -0.2) is 33.0 Å². The Morgan fingerprint density at radius 1 is 1.43 bits per heavy atom. The molecule has 0 aliphatic heterocycles. The van der Waals surface area contributed by atoms with Crippen LogP contribution in [-0.2, 0) is 10.0 Å². The van der Waals surface area contributed by atoms with Crippen molar-refractivity contribution in [2.75, 3.05) is 13.1 Å². The Labute approximate surface area is 138 Å². The Balaban J connectivity index is 3.05. The maximum absolute atomic E-state index is 12.4. The van der Waals surface area contributed by atoms with Crippen molar-refractivity contribution < 1.29 is 13.2 Å². The van der Waals surface area contributed by atoms with Crippen molar-refractivity contribution in [3.63, 3.8) is 0 Å². The number of rotatable bonds is 8. The Morgan fingerprint density at radius 2 is 2.09 bits per heavy atom. The van der Waals surface area contributed by atoms with Crippen LogP contribution < -0.4 is 15.8 Å². The Hall–Kier alpha value is -1.70. The second kappa shape index (κ2) is 7.72. The van der Waals surface area contributed by atoms with E-state index in [2.05, 4.69) is 16.6 Å². The molecular formula is C16H25N3O3S. The quantitative estimate of drug-likeness (QED) is 0.621. The van der Waals surface area contributed by atoms with Crippen molar-refractivity contribution in [2.45, 2.75) is 31.2 Å². The maximum atomic E-state index is 12.4. The standard InChI is InChI=1S/C16H25N3O3S/c1-5-9-18-23(21,22)14-8-6-7-13(10-14)15(20)19-16(4,11-17)12(2)3/h5-8,10,12,18H,1,9,11,17H2,2-4H3,(H,19,20). The lowest BCUT2D eigenvalue weighted by atomic mass is 9.88. The molecule has 0 fully saturated rings. The van der Waals surface area contributed by atoms with E-state index < -0.39 is 15.6 Å². The first-order valence-electron chi connectivity index (χ1n) is 7.39. The van der Waals surface area contributed by atoms with Gasteiger partial charge in [0.1, 0.15) is 0 Å². The molecule has 1 amide bonds. The fourth-order valence-electron chi connectivity index (χ4n) is 1.82. The zero-order chi connectivity index (χ0) is 17.7. The van der Waals surface area contributed by atoms with Gasteiger partial charge in [-0.2, -0.15) is 0 Å². The predicted octanol–water partition coefficient (Wildman–Crippen LogP) is 1.25. The average molecular weight is 339 g/mol. The second-order valence-corrected chi connectivity index (χ2v) is 7.67. The molecule has 0 aliphatic rings. The first kappa shape index (κ1) is 19.3. The third-order valence-electron chi connectivity index (χ3n) is 3.92. The van der Waals surface area contributed by atoms with Gasteiger partial charge in [0.15, 0.2) is 0 Å². The number of sulfonamides is 1. The lowest BCUT2D eigenvalue weighted by molar-refractivity contribution is 0.0883. The minimum absolute atomic E-state index is 0.0333. The minimum atomic E-state index is -3.67. The largest absolute Gasteiger partial charge is 0.345 e. The summed E-state index contributed by atoms with van der Waals surface area (Å²) in [4.78, 5) is 12.5. The van der Waals surface area contributed by atoms with E-state index in [0.717, 1.165) is 0 Å². The van der Waals surface area contributed by atoms with Crippen LogP contribution in [0.15, 0.2) is 41.8 Å². The summed E-state index contributed by atoms with van der Waals surface area (Å²) in [5.41, 5.74) is 5.47. The van der Waals surface area contributed by atoms with Crippen LogP contribution in [0.4, 0.5) is 0 Å². The summed E-state index contributed by atoms with van der Waals surface area (Å²) in [6.45, 7) is 9.67. The third kappa shape index (κ3) is 4.89. The van der Waals surface area contributed by atoms with Crippen molar-refractivity contribution in [1.29, 1.82) is 0 Å². The number of nitrogens with one attached hydrogen (secondary N) is 2. The van der Waals surface area contributed by atoms with Crippen molar-refractivity contribution >= 4 is 15.9 Å². The topological polar surface area (TPSA) is 101 Å². The predicted molar refractivity (Wildman–Crippen MR) is 91.6 cm³/mol. The second-order valence-electron chi connectivity index (χ2n) is 5.90. The number of nitrogens with two attached hydrogens (primary N) is 1. The van der Waals surface area contributed by atoms with Gasteiger partial charge in [-0.3, -0.25) is 4.79 Å². The van der Waals surface area contributed by atoms with Crippen molar-refractivity contribution in [3.8, 4) is 0 Å². The zero-order valence-corrected chi connectivity index (χ0v) is 14.6. The molecule has 0 aliphatic carbocycles. The minimum Gasteiger partial charge on any atom is -0.345 e. The number of hydrogen-bond donors (Lipinski definition) is 3. The monoisotopic (exact) mass is 339 g/mol. The molecule has 6 nitrogen and oxygen atoms in total. The molecule has 0 aromatic heterocycles. The van der Waals surface area contributed by atoms with E-state index in [1.54, 1.807) is 6.07 Å². The van der Waals surface area contributed by atoms with E-state index >= 15 is 0 Å². The molecule has 7 heteroatoms. The summed E-state index contributed by atoms with van der Waals surface area (Å²) in [6.07, 6.45) is 1.45. The van der Waals surface area contributed by atoms with Gasteiger partial charge in [0.05, 0.1) is 10.4 Å². The molecule has 0 spiro atoms. The number of carbonyl (C=O) groups is 1. The van der Waals surface area contributed by atoms with Gasteiger partial charge in [-0.05, 0) is 31.0 Å². The molecule has 0 saturated carbocycles. The van der Waals surface area contributed by atoms with Crippen LogP contribution >= 0.6 is 0 Å². The summed E-state index contributed by atoms with van der Waals surface area (Å²) >= 11 is 0. The summed E-state index contributed by atoms with van der Waals surface area (Å²) in [5.74, 6) is -0.218. The molecule has 4 N–H and O–H groups in total. The highest BCUT2D eigenvalue weighted by Crippen LogP contribution is 2.17. The molecule has 1 rings (SSSR count). The van der Waals surface area contributed by atoms with Crippen LogP contribution in [0.2, 0.25) is 0 Å². The van der Waals surface area contributed by atoms with Gasteiger partial charge >= 0.3 is 0 Å². The Kier molecular flexibility index (Phi) is 6.49. The molecule has 0 heterocycles. The number of amides is 1. The lowest BCUT2D eigenvalue weighted by Crippen LogP contribution is -2.55. The van der Waals surface area contributed by atoms with E-state index in [0.29, 0.717) is 0 Å². The van der Waals surface area contributed by atoms with Gasteiger partial charge in [-0.1, -0.05) is 26.0 Å². The molecule has 0 bridgehead atoms. The van der Waals surface area contributed by atoms with E-state index in [9.17, 15) is 13.2 Å². The van der Waals surface area contributed by atoms with Crippen LogP contribution in [0, 0.1) is 5.92 Å². The fraction of sp³-hybridized carbons (Fsp3) is 0.438. The molecule has 1 atom stereocenters. The van der Waals surface area contributed by atoms with Gasteiger partial charge in [-0.25, -0.2) is 13.1 Å². The SMILES string of the molecule is C=CCNS(=O)(=O)c1cccc(C(=O)NC(C)(CN)C(C)C)c1. The van der Waals surface area contributed by atoms with Crippen LogP contribution in [0.25, 0.3) is 0 Å². The van der Waals surface area contributed by atoms with Crippen molar-refractivity contribution in [2.24, 2.45) is 11.7 Å². The molecule has 0 saturated heterocycles. The van der Waals surface area contributed by atoms with E-state index in [4.69, 9.17) is 5.73 Å². The van der Waals surface area contributed by atoms with Gasteiger partial charge in [0.2, 0.25) is 10.0 Å². The summed E-state index contributed by atoms with van der Waals surface area (Å²) in [6, 6.07) is 5.89. The number of benzene rings is 1. The van der Waals surface area contributed by atoms with Crippen LogP contribution in [0.1, 0.15) is 31.1 Å². The van der Waals surface area contributed by atoms with Crippen LogP contribution in [0.3, 0.4) is 0 Å². The van der Waals surface area contributed by atoms with E-state index in [1.165, 1.54) is 24.3 Å².